The van der Waals surface area contributed by atoms with Gasteiger partial charge in [0.1, 0.15) is 0 Å². The standard InChI is InChI=1S/C15H18N4O3/c16-18-13(9-14(20)21)10-17-12-5-3-11(4-6-12)15(22)19-7-1-2-8-19/h3-6,10H,1-2,7-9,16H2,(H,20,21). The molecular formula is C15H18N4O3. The van der Waals surface area contributed by atoms with Crippen LogP contribution in [-0.4, -0.2) is 46.9 Å². The van der Waals surface area contributed by atoms with Gasteiger partial charge in [-0.3, -0.25) is 14.6 Å². The van der Waals surface area contributed by atoms with Crippen molar-refractivity contribution in [3.05, 3.63) is 29.8 Å². The minimum atomic E-state index is -1.03. The largest absolute Gasteiger partial charge is 0.481 e. The van der Waals surface area contributed by atoms with E-state index in [1.807, 2.05) is 4.90 Å². The van der Waals surface area contributed by atoms with Crippen molar-refractivity contribution in [2.75, 3.05) is 13.1 Å². The Morgan fingerprint density at radius 3 is 2.41 bits per heavy atom. The van der Waals surface area contributed by atoms with Gasteiger partial charge in [-0.15, -0.1) is 0 Å². The van der Waals surface area contributed by atoms with E-state index in [0.717, 1.165) is 25.9 Å². The first kappa shape index (κ1) is 15.7. The molecule has 3 N–H and O–H groups in total. The second kappa shape index (κ2) is 7.35. The summed E-state index contributed by atoms with van der Waals surface area (Å²) in [6.45, 7) is 1.62. The van der Waals surface area contributed by atoms with Gasteiger partial charge in [-0.05, 0) is 37.1 Å². The van der Waals surface area contributed by atoms with Gasteiger partial charge in [0.05, 0.1) is 24.0 Å². The molecule has 116 valence electrons. The van der Waals surface area contributed by atoms with E-state index < -0.39 is 5.97 Å². The van der Waals surface area contributed by atoms with Crippen LogP contribution in [0.1, 0.15) is 29.6 Å². The lowest BCUT2D eigenvalue weighted by Gasteiger charge is -2.14. The quantitative estimate of drug-likeness (QED) is 0.487. The summed E-state index contributed by atoms with van der Waals surface area (Å²) in [6.07, 6.45) is 3.13. The van der Waals surface area contributed by atoms with Crippen molar-refractivity contribution in [1.29, 1.82) is 0 Å². The number of aliphatic carboxylic acids is 1. The Kier molecular flexibility index (Phi) is 5.24. The molecule has 1 aromatic carbocycles. The molecule has 0 unspecified atom stereocenters. The fraction of sp³-hybridized carbons (Fsp3) is 0.333. The SMILES string of the molecule is NN=C(C=Nc1ccc(C(=O)N2CCCC2)cc1)CC(=O)O. The van der Waals surface area contributed by atoms with Crippen LogP contribution in [0.4, 0.5) is 5.69 Å². The Morgan fingerprint density at radius 2 is 1.86 bits per heavy atom. The van der Waals surface area contributed by atoms with Crippen LogP contribution < -0.4 is 5.84 Å². The zero-order valence-electron chi connectivity index (χ0n) is 12.1. The Bertz CT molecular complexity index is 602. The maximum atomic E-state index is 12.2. The van der Waals surface area contributed by atoms with Gasteiger partial charge in [-0.25, -0.2) is 0 Å². The molecule has 7 nitrogen and oxygen atoms in total. The Morgan fingerprint density at radius 1 is 1.23 bits per heavy atom. The fourth-order valence-electron chi connectivity index (χ4n) is 2.22. The molecule has 22 heavy (non-hydrogen) atoms. The third-order valence-corrected chi connectivity index (χ3v) is 3.37. The van der Waals surface area contributed by atoms with E-state index in [2.05, 4.69) is 10.1 Å². The molecule has 1 aliphatic rings. The summed E-state index contributed by atoms with van der Waals surface area (Å²) in [5, 5.41) is 12.0. The maximum absolute atomic E-state index is 12.2. The number of rotatable bonds is 5. The van der Waals surface area contributed by atoms with Gasteiger partial charge in [0, 0.05) is 18.7 Å². The van der Waals surface area contributed by atoms with E-state index in [1.165, 1.54) is 6.21 Å². The van der Waals surface area contributed by atoms with Crippen LogP contribution in [0.15, 0.2) is 34.4 Å². The highest BCUT2D eigenvalue weighted by Crippen LogP contribution is 2.16. The molecule has 1 aliphatic heterocycles. The normalized spacial score (nSPS) is 15.5. The molecule has 0 spiro atoms. The van der Waals surface area contributed by atoms with Crippen LogP contribution in [0.5, 0.6) is 0 Å². The van der Waals surface area contributed by atoms with Crippen LogP contribution in [-0.2, 0) is 4.79 Å². The number of carbonyl (C=O) groups is 2. The number of hydrogen-bond donors (Lipinski definition) is 2. The van der Waals surface area contributed by atoms with Gasteiger partial charge in [-0.1, -0.05) is 0 Å². The number of nitrogens with zero attached hydrogens (tertiary/aromatic N) is 3. The summed E-state index contributed by atoms with van der Waals surface area (Å²) in [5.41, 5.74) is 1.40. The first-order valence-electron chi connectivity index (χ1n) is 7.02. The summed E-state index contributed by atoms with van der Waals surface area (Å²) in [5.74, 6) is 4.11. The molecule has 1 heterocycles. The molecule has 1 amide bonds. The van der Waals surface area contributed by atoms with E-state index in [-0.39, 0.29) is 18.0 Å². The third kappa shape index (κ3) is 4.15. The van der Waals surface area contributed by atoms with Crippen LogP contribution in [0.2, 0.25) is 0 Å². The van der Waals surface area contributed by atoms with E-state index in [1.54, 1.807) is 24.3 Å². The van der Waals surface area contributed by atoms with Gasteiger partial charge in [-0.2, -0.15) is 5.10 Å². The first-order chi connectivity index (χ1) is 10.6. The Hall–Kier alpha value is -2.70. The summed E-state index contributed by atoms with van der Waals surface area (Å²) < 4.78 is 0. The Labute approximate surface area is 128 Å². The van der Waals surface area contributed by atoms with Crippen LogP contribution in [0.3, 0.4) is 0 Å². The molecule has 1 saturated heterocycles. The number of aliphatic imine (C=N–C) groups is 1. The molecule has 1 fully saturated rings. The van der Waals surface area contributed by atoms with Crippen molar-refractivity contribution in [2.24, 2.45) is 15.9 Å². The first-order valence-corrected chi connectivity index (χ1v) is 7.02. The third-order valence-electron chi connectivity index (χ3n) is 3.37. The second-order valence-corrected chi connectivity index (χ2v) is 5.00. The number of amides is 1. The molecule has 2 rings (SSSR count). The van der Waals surface area contributed by atoms with Crippen LogP contribution in [0, 0.1) is 0 Å². The summed E-state index contributed by atoms with van der Waals surface area (Å²) in [6, 6.07) is 6.83. The van der Waals surface area contributed by atoms with E-state index in [0.29, 0.717) is 11.3 Å². The number of likely N-dealkylation sites (tertiary alicyclic amines) is 1. The number of nitrogens with two attached hydrogens (primary N) is 1. The van der Waals surface area contributed by atoms with Gasteiger partial charge in [0.15, 0.2) is 0 Å². The van der Waals surface area contributed by atoms with Gasteiger partial charge >= 0.3 is 5.97 Å². The topological polar surface area (TPSA) is 108 Å². The smallest absolute Gasteiger partial charge is 0.309 e. The lowest BCUT2D eigenvalue weighted by Crippen LogP contribution is -2.27. The van der Waals surface area contributed by atoms with E-state index >= 15 is 0 Å². The lowest BCUT2D eigenvalue weighted by molar-refractivity contribution is -0.135. The highest BCUT2D eigenvalue weighted by atomic mass is 16.4. The van der Waals surface area contributed by atoms with E-state index in [9.17, 15) is 9.59 Å². The number of hydrogen-bond acceptors (Lipinski definition) is 5. The minimum absolute atomic E-state index is 0.0307. The molecule has 0 saturated carbocycles. The van der Waals surface area contributed by atoms with Crippen molar-refractivity contribution in [3.63, 3.8) is 0 Å². The zero-order valence-corrected chi connectivity index (χ0v) is 12.1. The predicted molar refractivity (Wildman–Crippen MR) is 83.6 cm³/mol. The molecule has 0 atom stereocenters. The van der Waals surface area contributed by atoms with Gasteiger partial charge in [0.25, 0.3) is 5.91 Å². The van der Waals surface area contributed by atoms with Crippen molar-refractivity contribution in [2.45, 2.75) is 19.3 Å². The number of hydrazone groups is 1. The highest BCUT2D eigenvalue weighted by molar-refractivity contribution is 6.34. The minimum Gasteiger partial charge on any atom is -0.481 e. The lowest BCUT2D eigenvalue weighted by atomic mass is 10.2. The molecule has 0 bridgehead atoms. The molecule has 0 radical (unpaired) electrons. The van der Waals surface area contributed by atoms with Crippen molar-refractivity contribution in [1.82, 2.24) is 4.90 Å². The Balaban J connectivity index is 2.02. The summed E-state index contributed by atoms with van der Waals surface area (Å²) in [4.78, 5) is 28.7. The van der Waals surface area contributed by atoms with Crippen molar-refractivity contribution < 1.29 is 14.7 Å². The van der Waals surface area contributed by atoms with Crippen LogP contribution >= 0.6 is 0 Å². The van der Waals surface area contributed by atoms with Gasteiger partial charge in [0.2, 0.25) is 0 Å². The monoisotopic (exact) mass is 302 g/mol. The number of benzene rings is 1. The van der Waals surface area contributed by atoms with Crippen molar-refractivity contribution in [3.8, 4) is 0 Å². The highest BCUT2D eigenvalue weighted by Gasteiger charge is 2.18. The van der Waals surface area contributed by atoms with Gasteiger partial charge < -0.3 is 15.8 Å². The number of carboxylic acid groups (broad SMARTS) is 1. The molecule has 0 aromatic heterocycles. The van der Waals surface area contributed by atoms with Crippen LogP contribution in [0.25, 0.3) is 0 Å². The molecule has 0 aliphatic carbocycles. The number of carboxylic acids is 1. The molecule has 7 heteroatoms. The zero-order chi connectivity index (χ0) is 15.9. The summed E-state index contributed by atoms with van der Waals surface area (Å²) in [7, 11) is 0. The summed E-state index contributed by atoms with van der Waals surface area (Å²) >= 11 is 0. The van der Waals surface area contributed by atoms with E-state index in [4.69, 9.17) is 10.9 Å². The maximum Gasteiger partial charge on any atom is 0.309 e. The average Bonchev–Trinajstić information content (AvgIpc) is 3.05. The fourth-order valence-corrected chi connectivity index (χ4v) is 2.22. The molecular weight excluding hydrogens is 284 g/mol. The second-order valence-electron chi connectivity index (χ2n) is 5.00. The number of carbonyl (C=O) groups excluding carboxylic acids is 1. The predicted octanol–water partition coefficient (Wildman–Crippen LogP) is 1.41. The molecule has 1 aromatic rings. The van der Waals surface area contributed by atoms with Crippen molar-refractivity contribution >= 4 is 29.5 Å². The average molecular weight is 302 g/mol.